The van der Waals surface area contributed by atoms with Crippen molar-refractivity contribution in [3.05, 3.63) is 57.6 Å². The van der Waals surface area contributed by atoms with Crippen LogP contribution in [0.5, 0.6) is 0 Å². The largest absolute Gasteiger partial charge is 0.238 e. The van der Waals surface area contributed by atoms with E-state index in [1.165, 1.54) is 11.1 Å². The highest BCUT2D eigenvalue weighted by Crippen LogP contribution is 2.22. The first kappa shape index (κ1) is 14.0. The van der Waals surface area contributed by atoms with Crippen molar-refractivity contribution in [2.45, 2.75) is 40.0 Å². The molecule has 3 heteroatoms. The average molecular weight is 275 g/mol. The maximum Gasteiger partial charge on any atom is 0.136 e. The maximum absolute atomic E-state index is 6.31. The molecule has 2 aromatic rings. The summed E-state index contributed by atoms with van der Waals surface area (Å²) in [5.41, 5.74) is 4.49. The van der Waals surface area contributed by atoms with Crippen LogP contribution in [0.25, 0.3) is 0 Å². The molecule has 19 heavy (non-hydrogen) atoms. The second-order valence-electron chi connectivity index (χ2n) is 5.25. The summed E-state index contributed by atoms with van der Waals surface area (Å²) in [7, 11) is 0. The molecule has 1 heterocycles. The molecule has 0 N–H and O–H groups in total. The first-order chi connectivity index (χ1) is 8.97. The second kappa shape index (κ2) is 5.70. The van der Waals surface area contributed by atoms with Crippen molar-refractivity contribution in [1.29, 1.82) is 0 Å². The zero-order valence-electron chi connectivity index (χ0n) is 11.9. The average Bonchev–Trinajstić information content (AvgIpc) is 2.35. The van der Waals surface area contributed by atoms with Gasteiger partial charge in [-0.05, 0) is 19.4 Å². The lowest BCUT2D eigenvalue weighted by atomic mass is 10.0. The van der Waals surface area contributed by atoms with E-state index in [1.54, 1.807) is 0 Å². The van der Waals surface area contributed by atoms with Gasteiger partial charge < -0.3 is 0 Å². The summed E-state index contributed by atoms with van der Waals surface area (Å²) < 4.78 is 0. The summed E-state index contributed by atoms with van der Waals surface area (Å²) in [6.45, 7) is 8.24. The van der Waals surface area contributed by atoms with E-state index in [-0.39, 0.29) is 0 Å². The normalized spacial score (nSPS) is 11.1. The molecular formula is C16H19ClN2. The Hall–Kier alpha value is -1.41. The Bertz CT molecular complexity index is 551. The summed E-state index contributed by atoms with van der Waals surface area (Å²) >= 11 is 6.31. The highest BCUT2D eigenvalue weighted by atomic mass is 35.5. The third-order valence-electron chi connectivity index (χ3n) is 3.20. The molecule has 0 aliphatic rings. The van der Waals surface area contributed by atoms with E-state index in [9.17, 15) is 0 Å². The number of halogens is 1. The van der Waals surface area contributed by atoms with Crippen molar-refractivity contribution < 1.29 is 0 Å². The number of hydrogen-bond acceptors (Lipinski definition) is 2. The van der Waals surface area contributed by atoms with Gasteiger partial charge >= 0.3 is 0 Å². The van der Waals surface area contributed by atoms with Gasteiger partial charge in [0.25, 0.3) is 0 Å². The second-order valence-corrected chi connectivity index (χ2v) is 5.61. The number of hydrogen-bond donors (Lipinski definition) is 0. The SMILES string of the molecule is Cc1ccc(Cc2c(C)nc(C(C)C)nc2Cl)cc1. The van der Waals surface area contributed by atoms with Crippen molar-refractivity contribution in [3.63, 3.8) is 0 Å². The van der Waals surface area contributed by atoms with Crippen molar-refractivity contribution in [2.75, 3.05) is 0 Å². The number of benzene rings is 1. The van der Waals surface area contributed by atoms with Crippen LogP contribution in [0.2, 0.25) is 5.15 Å². The van der Waals surface area contributed by atoms with Crippen LogP contribution in [0.4, 0.5) is 0 Å². The molecule has 0 saturated heterocycles. The minimum atomic E-state index is 0.296. The fourth-order valence-electron chi connectivity index (χ4n) is 1.95. The fraction of sp³-hybridized carbons (Fsp3) is 0.375. The van der Waals surface area contributed by atoms with Crippen LogP contribution in [0.1, 0.15) is 48.0 Å². The van der Waals surface area contributed by atoms with Gasteiger partial charge in [-0.2, -0.15) is 0 Å². The maximum atomic E-state index is 6.31. The molecule has 0 fully saturated rings. The Morgan fingerprint density at radius 2 is 1.68 bits per heavy atom. The summed E-state index contributed by atoms with van der Waals surface area (Å²) in [5, 5.41) is 0.580. The molecule has 0 atom stereocenters. The molecule has 1 aromatic heterocycles. The van der Waals surface area contributed by atoms with Gasteiger partial charge in [-0.1, -0.05) is 55.3 Å². The lowest BCUT2D eigenvalue weighted by molar-refractivity contribution is 0.760. The summed E-state index contributed by atoms with van der Waals surface area (Å²) in [4.78, 5) is 8.95. The van der Waals surface area contributed by atoms with Crippen molar-refractivity contribution in [2.24, 2.45) is 0 Å². The number of aryl methyl sites for hydroxylation is 2. The van der Waals surface area contributed by atoms with Crippen LogP contribution in [0.15, 0.2) is 24.3 Å². The Balaban J connectivity index is 2.32. The Morgan fingerprint density at radius 1 is 1.05 bits per heavy atom. The molecule has 0 radical (unpaired) electrons. The minimum absolute atomic E-state index is 0.296. The standard InChI is InChI=1S/C16H19ClN2/c1-10(2)16-18-12(4)14(15(17)19-16)9-13-7-5-11(3)6-8-13/h5-8,10H,9H2,1-4H3. The zero-order valence-corrected chi connectivity index (χ0v) is 12.6. The highest BCUT2D eigenvalue weighted by Gasteiger charge is 2.12. The highest BCUT2D eigenvalue weighted by molar-refractivity contribution is 6.30. The molecule has 2 rings (SSSR count). The van der Waals surface area contributed by atoms with Crippen molar-refractivity contribution in [1.82, 2.24) is 9.97 Å². The first-order valence-corrected chi connectivity index (χ1v) is 6.93. The van der Waals surface area contributed by atoms with Crippen LogP contribution in [0, 0.1) is 13.8 Å². The quantitative estimate of drug-likeness (QED) is 0.772. The summed E-state index contributed by atoms with van der Waals surface area (Å²) in [5.74, 6) is 1.11. The van der Waals surface area contributed by atoms with E-state index < -0.39 is 0 Å². The third-order valence-corrected chi connectivity index (χ3v) is 3.51. The fourth-order valence-corrected chi connectivity index (χ4v) is 2.24. The number of rotatable bonds is 3. The Morgan fingerprint density at radius 3 is 2.21 bits per heavy atom. The van der Waals surface area contributed by atoms with Crippen LogP contribution >= 0.6 is 11.6 Å². The molecule has 0 unspecified atom stereocenters. The topological polar surface area (TPSA) is 25.8 Å². The smallest absolute Gasteiger partial charge is 0.136 e. The Labute approximate surface area is 119 Å². The molecule has 0 bridgehead atoms. The van der Waals surface area contributed by atoms with Crippen LogP contribution in [-0.4, -0.2) is 9.97 Å². The van der Waals surface area contributed by atoms with Crippen molar-refractivity contribution in [3.8, 4) is 0 Å². The third kappa shape index (κ3) is 3.32. The lowest BCUT2D eigenvalue weighted by Crippen LogP contribution is -2.05. The predicted octanol–water partition coefficient (Wildman–Crippen LogP) is 4.46. The lowest BCUT2D eigenvalue weighted by Gasteiger charge is -2.11. The molecule has 0 saturated carbocycles. The van der Waals surface area contributed by atoms with E-state index in [2.05, 4.69) is 55.0 Å². The summed E-state index contributed by atoms with van der Waals surface area (Å²) in [6.07, 6.45) is 0.781. The molecule has 1 aromatic carbocycles. The van der Waals surface area contributed by atoms with Gasteiger partial charge in [0.05, 0.1) is 0 Å². The first-order valence-electron chi connectivity index (χ1n) is 6.56. The minimum Gasteiger partial charge on any atom is -0.238 e. The van der Waals surface area contributed by atoms with Gasteiger partial charge in [0.2, 0.25) is 0 Å². The van der Waals surface area contributed by atoms with E-state index in [1.807, 2.05) is 6.92 Å². The van der Waals surface area contributed by atoms with Gasteiger partial charge in [0, 0.05) is 23.6 Å². The number of nitrogens with zero attached hydrogens (tertiary/aromatic N) is 2. The molecule has 0 aliphatic carbocycles. The molecular weight excluding hydrogens is 256 g/mol. The predicted molar refractivity (Wildman–Crippen MR) is 79.9 cm³/mol. The number of aromatic nitrogens is 2. The van der Waals surface area contributed by atoms with Gasteiger partial charge in [-0.15, -0.1) is 0 Å². The molecule has 2 nitrogen and oxygen atoms in total. The zero-order chi connectivity index (χ0) is 14.0. The van der Waals surface area contributed by atoms with Crippen LogP contribution < -0.4 is 0 Å². The summed E-state index contributed by atoms with van der Waals surface area (Å²) in [6, 6.07) is 8.48. The van der Waals surface area contributed by atoms with Crippen LogP contribution in [-0.2, 0) is 6.42 Å². The van der Waals surface area contributed by atoms with E-state index >= 15 is 0 Å². The van der Waals surface area contributed by atoms with Gasteiger partial charge in [-0.25, -0.2) is 9.97 Å². The Kier molecular flexibility index (Phi) is 4.20. The van der Waals surface area contributed by atoms with Gasteiger partial charge in [-0.3, -0.25) is 0 Å². The van der Waals surface area contributed by atoms with E-state index in [0.717, 1.165) is 23.5 Å². The van der Waals surface area contributed by atoms with Crippen molar-refractivity contribution >= 4 is 11.6 Å². The molecule has 100 valence electrons. The monoisotopic (exact) mass is 274 g/mol. The molecule has 0 amide bonds. The molecule has 0 spiro atoms. The molecule has 0 aliphatic heterocycles. The van der Waals surface area contributed by atoms with E-state index in [4.69, 9.17) is 11.6 Å². The van der Waals surface area contributed by atoms with Gasteiger partial charge in [0.1, 0.15) is 11.0 Å². The van der Waals surface area contributed by atoms with Gasteiger partial charge in [0.15, 0.2) is 0 Å². The van der Waals surface area contributed by atoms with Crippen LogP contribution in [0.3, 0.4) is 0 Å². The van der Waals surface area contributed by atoms with E-state index in [0.29, 0.717) is 11.1 Å².